The molecule has 18 heavy (non-hydrogen) atoms. The van der Waals surface area contributed by atoms with Crippen molar-refractivity contribution in [1.82, 2.24) is 0 Å². The summed E-state index contributed by atoms with van der Waals surface area (Å²) in [4.78, 5) is 0. The minimum atomic E-state index is -0.0651. The first-order valence-corrected chi connectivity index (χ1v) is 7.37. The lowest BCUT2D eigenvalue weighted by Crippen LogP contribution is -2.27. The maximum atomic E-state index is 9.75. The van der Waals surface area contributed by atoms with E-state index in [1.165, 1.54) is 0 Å². The van der Waals surface area contributed by atoms with E-state index in [-0.39, 0.29) is 12.0 Å². The smallest absolute Gasteiger partial charge is 0.0490 e. The molecule has 0 spiro atoms. The van der Waals surface area contributed by atoms with E-state index in [2.05, 4.69) is 13.8 Å². The quantitative estimate of drug-likeness (QED) is 0.739. The topological polar surface area (TPSA) is 20.2 Å². The van der Waals surface area contributed by atoms with Gasteiger partial charge in [-0.2, -0.15) is 0 Å². The third-order valence-electron chi connectivity index (χ3n) is 3.72. The highest BCUT2D eigenvalue weighted by Gasteiger charge is 2.28. The molecule has 1 aromatic rings. The molecule has 3 heteroatoms. The highest BCUT2D eigenvalue weighted by atomic mass is 35.5. The lowest BCUT2D eigenvalue weighted by atomic mass is 9.76. The van der Waals surface area contributed by atoms with Crippen LogP contribution in [0.2, 0.25) is 10.0 Å². The molecule has 0 radical (unpaired) electrons. The van der Waals surface area contributed by atoms with Crippen molar-refractivity contribution in [3.05, 3.63) is 33.8 Å². The van der Waals surface area contributed by atoms with Gasteiger partial charge >= 0.3 is 0 Å². The highest BCUT2D eigenvalue weighted by molar-refractivity contribution is 6.33. The standard InChI is InChI=1S/C15H22Cl2O/c1-3-5-8-15(4-2,11-18)10-12-9-13(16)6-7-14(12)17/h6-7,9,18H,3-5,8,10-11H2,1-2H3. The zero-order valence-electron chi connectivity index (χ0n) is 11.2. The average molecular weight is 289 g/mol. The van der Waals surface area contributed by atoms with E-state index < -0.39 is 0 Å². The van der Waals surface area contributed by atoms with Crippen LogP contribution in [0.5, 0.6) is 0 Å². The Labute approximate surface area is 120 Å². The molecule has 0 heterocycles. The Morgan fingerprint density at radius 2 is 1.94 bits per heavy atom. The average Bonchev–Trinajstić information content (AvgIpc) is 2.39. The Morgan fingerprint density at radius 3 is 2.50 bits per heavy atom. The molecule has 0 fully saturated rings. The Balaban J connectivity index is 2.91. The molecule has 1 nitrogen and oxygen atoms in total. The fraction of sp³-hybridized carbons (Fsp3) is 0.600. The van der Waals surface area contributed by atoms with E-state index in [1.807, 2.05) is 12.1 Å². The first-order chi connectivity index (χ1) is 8.56. The lowest BCUT2D eigenvalue weighted by molar-refractivity contribution is 0.107. The molecule has 1 unspecified atom stereocenters. The largest absolute Gasteiger partial charge is 0.396 e. The number of aliphatic hydroxyl groups excluding tert-OH is 1. The summed E-state index contributed by atoms with van der Waals surface area (Å²) in [5, 5.41) is 11.2. The van der Waals surface area contributed by atoms with Gasteiger partial charge in [-0.15, -0.1) is 0 Å². The van der Waals surface area contributed by atoms with Crippen molar-refractivity contribution in [2.45, 2.75) is 46.0 Å². The number of unbranched alkanes of at least 4 members (excludes halogenated alkanes) is 1. The number of hydrogen-bond donors (Lipinski definition) is 1. The highest BCUT2D eigenvalue weighted by Crippen LogP contribution is 2.35. The summed E-state index contributed by atoms with van der Waals surface area (Å²) in [7, 11) is 0. The van der Waals surface area contributed by atoms with Gasteiger partial charge in [-0.25, -0.2) is 0 Å². The molecule has 0 saturated carbocycles. The van der Waals surface area contributed by atoms with E-state index in [0.717, 1.165) is 42.7 Å². The minimum Gasteiger partial charge on any atom is -0.396 e. The molecule has 0 amide bonds. The SMILES string of the molecule is CCCCC(CC)(CO)Cc1cc(Cl)ccc1Cl. The third kappa shape index (κ3) is 4.15. The van der Waals surface area contributed by atoms with Gasteiger partial charge < -0.3 is 5.11 Å². The molecular weight excluding hydrogens is 267 g/mol. The Bertz CT molecular complexity index is 373. The molecule has 0 aromatic heterocycles. The maximum Gasteiger partial charge on any atom is 0.0490 e. The number of rotatable bonds is 7. The first kappa shape index (κ1) is 15.8. The van der Waals surface area contributed by atoms with Crippen LogP contribution in [0.15, 0.2) is 18.2 Å². The molecular formula is C15H22Cl2O. The van der Waals surface area contributed by atoms with Crippen LogP contribution in [0.4, 0.5) is 0 Å². The third-order valence-corrected chi connectivity index (χ3v) is 4.32. The monoisotopic (exact) mass is 288 g/mol. The summed E-state index contributed by atoms with van der Waals surface area (Å²) >= 11 is 12.2. The summed E-state index contributed by atoms with van der Waals surface area (Å²) in [6, 6.07) is 5.54. The van der Waals surface area contributed by atoms with Crippen LogP contribution in [0.1, 0.15) is 45.1 Å². The zero-order chi connectivity index (χ0) is 13.6. The van der Waals surface area contributed by atoms with Crippen LogP contribution in [-0.4, -0.2) is 11.7 Å². The van der Waals surface area contributed by atoms with Crippen LogP contribution >= 0.6 is 23.2 Å². The van der Waals surface area contributed by atoms with Crippen LogP contribution in [0, 0.1) is 5.41 Å². The molecule has 102 valence electrons. The van der Waals surface area contributed by atoms with Crippen molar-refractivity contribution in [3.8, 4) is 0 Å². The second-order valence-corrected chi connectivity index (χ2v) is 5.87. The van der Waals surface area contributed by atoms with Gasteiger partial charge in [-0.3, -0.25) is 0 Å². The van der Waals surface area contributed by atoms with Crippen molar-refractivity contribution in [3.63, 3.8) is 0 Å². The van der Waals surface area contributed by atoms with E-state index >= 15 is 0 Å². The molecule has 0 aliphatic rings. The molecule has 1 N–H and O–H groups in total. The zero-order valence-corrected chi connectivity index (χ0v) is 12.7. The molecule has 1 atom stereocenters. The van der Waals surface area contributed by atoms with E-state index in [9.17, 15) is 5.11 Å². The normalized spacial score (nSPS) is 14.5. The molecule has 0 aliphatic heterocycles. The van der Waals surface area contributed by atoms with Crippen LogP contribution in [-0.2, 0) is 6.42 Å². The fourth-order valence-corrected chi connectivity index (χ4v) is 2.65. The summed E-state index contributed by atoms with van der Waals surface area (Å²) in [6.07, 6.45) is 5.04. The Kier molecular flexibility index (Phi) is 6.48. The van der Waals surface area contributed by atoms with Crippen LogP contribution in [0.3, 0.4) is 0 Å². The van der Waals surface area contributed by atoms with Crippen molar-refractivity contribution >= 4 is 23.2 Å². The van der Waals surface area contributed by atoms with Gasteiger partial charge in [0.1, 0.15) is 0 Å². The van der Waals surface area contributed by atoms with Gasteiger partial charge in [0.05, 0.1) is 0 Å². The van der Waals surface area contributed by atoms with E-state index in [4.69, 9.17) is 23.2 Å². The van der Waals surface area contributed by atoms with Gasteiger partial charge in [0.15, 0.2) is 0 Å². The van der Waals surface area contributed by atoms with Gasteiger partial charge in [0, 0.05) is 16.7 Å². The second kappa shape index (κ2) is 7.37. The fourth-order valence-electron chi connectivity index (χ4n) is 2.27. The van der Waals surface area contributed by atoms with Crippen molar-refractivity contribution in [2.75, 3.05) is 6.61 Å². The molecule has 1 rings (SSSR count). The molecule has 0 aliphatic carbocycles. The molecule has 0 bridgehead atoms. The van der Waals surface area contributed by atoms with Gasteiger partial charge in [-0.05, 0) is 48.4 Å². The van der Waals surface area contributed by atoms with E-state index in [0.29, 0.717) is 5.02 Å². The number of aliphatic hydroxyl groups is 1. The van der Waals surface area contributed by atoms with Crippen LogP contribution < -0.4 is 0 Å². The maximum absolute atomic E-state index is 9.75. The second-order valence-electron chi connectivity index (χ2n) is 5.03. The van der Waals surface area contributed by atoms with Gasteiger partial charge in [0.2, 0.25) is 0 Å². The van der Waals surface area contributed by atoms with Crippen molar-refractivity contribution in [1.29, 1.82) is 0 Å². The number of benzene rings is 1. The van der Waals surface area contributed by atoms with Crippen molar-refractivity contribution < 1.29 is 5.11 Å². The van der Waals surface area contributed by atoms with Crippen LogP contribution in [0.25, 0.3) is 0 Å². The Hall–Kier alpha value is -0.240. The molecule has 0 saturated heterocycles. The van der Waals surface area contributed by atoms with E-state index in [1.54, 1.807) is 6.07 Å². The molecule has 1 aromatic carbocycles. The van der Waals surface area contributed by atoms with Gasteiger partial charge in [0.25, 0.3) is 0 Å². The van der Waals surface area contributed by atoms with Gasteiger partial charge in [-0.1, -0.05) is 49.9 Å². The first-order valence-electron chi connectivity index (χ1n) is 6.61. The van der Waals surface area contributed by atoms with Crippen molar-refractivity contribution in [2.24, 2.45) is 5.41 Å². The predicted molar refractivity (Wildman–Crippen MR) is 79.5 cm³/mol. The predicted octanol–water partition coefficient (Wildman–Crippen LogP) is 5.11. The number of halogens is 2. The summed E-state index contributed by atoms with van der Waals surface area (Å²) in [5.74, 6) is 0. The minimum absolute atomic E-state index is 0.0651. The number of hydrogen-bond acceptors (Lipinski definition) is 1. The Morgan fingerprint density at radius 1 is 1.22 bits per heavy atom. The summed E-state index contributed by atoms with van der Waals surface area (Å²) in [5.41, 5.74) is 0.973. The summed E-state index contributed by atoms with van der Waals surface area (Å²) in [6.45, 7) is 4.50. The lowest BCUT2D eigenvalue weighted by Gasteiger charge is -2.31. The summed E-state index contributed by atoms with van der Waals surface area (Å²) < 4.78 is 0.